The zero-order chi connectivity index (χ0) is 15.6. The maximum absolute atomic E-state index is 11.3. The SMILES string of the molecule is COc1ccc(OCC(N)(C(=O)O)C2CC2)c([N+](=O)[O-])c1. The number of ether oxygens (including phenoxy) is 2. The van der Waals surface area contributed by atoms with Crippen molar-refractivity contribution in [2.45, 2.75) is 18.4 Å². The van der Waals surface area contributed by atoms with Crippen molar-refractivity contribution in [1.82, 2.24) is 0 Å². The lowest BCUT2D eigenvalue weighted by Crippen LogP contribution is -2.54. The fraction of sp³-hybridized carbons (Fsp3) is 0.462. The van der Waals surface area contributed by atoms with Crippen LogP contribution in [0.1, 0.15) is 12.8 Å². The van der Waals surface area contributed by atoms with E-state index in [2.05, 4.69) is 0 Å². The Morgan fingerprint density at radius 1 is 1.57 bits per heavy atom. The number of carboxylic acids is 1. The molecule has 1 fully saturated rings. The van der Waals surface area contributed by atoms with Gasteiger partial charge in [0.05, 0.1) is 18.1 Å². The number of hydrogen-bond donors (Lipinski definition) is 2. The predicted molar refractivity (Wildman–Crippen MR) is 72.4 cm³/mol. The van der Waals surface area contributed by atoms with Crippen LogP contribution in [-0.4, -0.2) is 35.3 Å². The average molecular weight is 296 g/mol. The number of benzene rings is 1. The number of nitro benzene ring substituents is 1. The van der Waals surface area contributed by atoms with E-state index in [4.69, 9.17) is 15.2 Å². The fourth-order valence-corrected chi connectivity index (χ4v) is 2.04. The summed E-state index contributed by atoms with van der Waals surface area (Å²) in [6.07, 6.45) is 1.44. The molecule has 8 nitrogen and oxygen atoms in total. The van der Waals surface area contributed by atoms with Gasteiger partial charge in [-0.15, -0.1) is 0 Å². The maximum atomic E-state index is 11.3. The van der Waals surface area contributed by atoms with Crippen molar-refractivity contribution in [3.05, 3.63) is 28.3 Å². The number of aliphatic carboxylic acids is 1. The first-order valence-corrected chi connectivity index (χ1v) is 6.36. The van der Waals surface area contributed by atoms with Gasteiger partial charge in [-0.25, -0.2) is 0 Å². The normalized spacial score (nSPS) is 16.9. The molecule has 1 aromatic carbocycles. The van der Waals surface area contributed by atoms with Gasteiger partial charge in [0.25, 0.3) is 0 Å². The highest BCUT2D eigenvalue weighted by Crippen LogP contribution is 2.39. The third-order valence-corrected chi connectivity index (χ3v) is 3.53. The van der Waals surface area contributed by atoms with E-state index in [0.29, 0.717) is 5.75 Å². The summed E-state index contributed by atoms with van der Waals surface area (Å²) in [5.41, 5.74) is 4.04. The molecule has 0 saturated heterocycles. The second kappa shape index (κ2) is 5.57. The monoisotopic (exact) mass is 296 g/mol. The van der Waals surface area contributed by atoms with Crippen molar-refractivity contribution in [1.29, 1.82) is 0 Å². The highest BCUT2D eigenvalue weighted by molar-refractivity contribution is 5.79. The van der Waals surface area contributed by atoms with Crippen LogP contribution in [0.15, 0.2) is 18.2 Å². The summed E-state index contributed by atoms with van der Waals surface area (Å²) in [7, 11) is 1.39. The molecule has 3 N–H and O–H groups in total. The Kier molecular flexibility index (Phi) is 3.99. The van der Waals surface area contributed by atoms with Gasteiger partial charge in [0, 0.05) is 0 Å². The summed E-state index contributed by atoms with van der Waals surface area (Å²) in [6.45, 7) is -0.319. The zero-order valence-electron chi connectivity index (χ0n) is 11.4. The number of hydrogen-bond acceptors (Lipinski definition) is 6. The van der Waals surface area contributed by atoms with Crippen LogP contribution >= 0.6 is 0 Å². The summed E-state index contributed by atoms with van der Waals surface area (Å²) in [6, 6.07) is 4.08. The molecule has 21 heavy (non-hydrogen) atoms. The summed E-state index contributed by atoms with van der Waals surface area (Å²) < 4.78 is 10.2. The van der Waals surface area contributed by atoms with Crippen LogP contribution in [0.25, 0.3) is 0 Å². The maximum Gasteiger partial charge on any atom is 0.327 e. The van der Waals surface area contributed by atoms with Crippen LogP contribution in [0.4, 0.5) is 5.69 Å². The number of nitrogens with two attached hydrogens (primary N) is 1. The first kappa shape index (κ1) is 15.0. The molecule has 1 aliphatic rings. The lowest BCUT2D eigenvalue weighted by atomic mass is 9.96. The van der Waals surface area contributed by atoms with Gasteiger partial charge in [-0.1, -0.05) is 0 Å². The van der Waals surface area contributed by atoms with Gasteiger partial charge >= 0.3 is 11.7 Å². The van der Waals surface area contributed by atoms with Crippen molar-refractivity contribution in [2.24, 2.45) is 11.7 Å². The molecule has 114 valence electrons. The van der Waals surface area contributed by atoms with E-state index in [1.54, 1.807) is 0 Å². The Morgan fingerprint density at radius 3 is 2.71 bits per heavy atom. The molecule has 0 bridgehead atoms. The highest BCUT2D eigenvalue weighted by atomic mass is 16.6. The quantitative estimate of drug-likeness (QED) is 0.571. The fourth-order valence-electron chi connectivity index (χ4n) is 2.04. The van der Waals surface area contributed by atoms with Crippen LogP contribution in [0, 0.1) is 16.0 Å². The first-order valence-electron chi connectivity index (χ1n) is 6.36. The third kappa shape index (κ3) is 3.05. The lowest BCUT2D eigenvalue weighted by molar-refractivity contribution is -0.386. The topological polar surface area (TPSA) is 125 Å². The molecule has 0 aliphatic heterocycles. The minimum absolute atomic E-state index is 0.0301. The molecule has 1 saturated carbocycles. The van der Waals surface area contributed by atoms with Gasteiger partial charge in [-0.3, -0.25) is 14.9 Å². The molecule has 1 aliphatic carbocycles. The van der Waals surface area contributed by atoms with E-state index in [-0.39, 0.29) is 24.0 Å². The highest BCUT2D eigenvalue weighted by Gasteiger charge is 2.49. The molecular formula is C13H16N2O6. The van der Waals surface area contributed by atoms with Crippen molar-refractivity contribution in [3.63, 3.8) is 0 Å². The average Bonchev–Trinajstić information content (AvgIpc) is 3.29. The Labute approximate surface area is 120 Å². The predicted octanol–water partition coefficient (Wildman–Crippen LogP) is 1.17. The van der Waals surface area contributed by atoms with Crippen LogP contribution < -0.4 is 15.2 Å². The molecule has 0 amide bonds. The summed E-state index contributed by atoms with van der Waals surface area (Å²) in [5, 5.41) is 20.2. The smallest absolute Gasteiger partial charge is 0.327 e. The minimum Gasteiger partial charge on any atom is -0.496 e. The van der Waals surface area contributed by atoms with Crippen molar-refractivity contribution in [2.75, 3.05) is 13.7 Å². The van der Waals surface area contributed by atoms with Crippen molar-refractivity contribution in [3.8, 4) is 11.5 Å². The number of carbonyl (C=O) groups is 1. The number of methoxy groups -OCH3 is 1. The second-order valence-corrected chi connectivity index (χ2v) is 5.00. The number of nitro groups is 1. The Hall–Kier alpha value is -2.35. The van der Waals surface area contributed by atoms with Gasteiger partial charge in [0.1, 0.15) is 12.4 Å². The van der Waals surface area contributed by atoms with Crippen LogP contribution in [0.3, 0.4) is 0 Å². The third-order valence-electron chi connectivity index (χ3n) is 3.53. The van der Waals surface area contributed by atoms with Gasteiger partial charge < -0.3 is 20.3 Å². The largest absolute Gasteiger partial charge is 0.496 e. The van der Waals surface area contributed by atoms with Gasteiger partial charge in [0.15, 0.2) is 11.3 Å². The molecule has 2 rings (SSSR count). The molecule has 1 atom stereocenters. The summed E-state index contributed by atoms with van der Waals surface area (Å²) in [4.78, 5) is 21.7. The molecule has 0 spiro atoms. The van der Waals surface area contributed by atoms with Crippen LogP contribution in [0.2, 0.25) is 0 Å². The zero-order valence-corrected chi connectivity index (χ0v) is 11.4. The molecular weight excluding hydrogens is 280 g/mol. The summed E-state index contributed by atoms with van der Waals surface area (Å²) in [5.74, 6) is -1.04. The number of rotatable bonds is 7. The minimum atomic E-state index is -1.52. The molecule has 1 aromatic rings. The second-order valence-electron chi connectivity index (χ2n) is 5.00. The molecule has 0 heterocycles. The van der Waals surface area contributed by atoms with Crippen LogP contribution in [0.5, 0.6) is 11.5 Å². The van der Waals surface area contributed by atoms with Crippen LogP contribution in [-0.2, 0) is 4.79 Å². The van der Waals surface area contributed by atoms with E-state index in [1.807, 2.05) is 0 Å². The molecule has 8 heteroatoms. The standard InChI is InChI=1S/C13H16N2O6/c1-20-9-4-5-11(10(6-9)15(18)19)21-7-13(14,12(16)17)8-2-3-8/h4-6,8H,2-3,7,14H2,1H3,(H,16,17). The van der Waals surface area contributed by atoms with E-state index < -0.39 is 16.4 Å². The van der Waals surface area contributed by atoms with Gasteiger partial charge in [-0.05, 0) is 30.9 Å². The number of nitrogens with zero attached hydrogens (tertiary/aromatic N) is 1. The Morgan fingerprint density at radius 2 is 2.24 bits per heavy atom. The van der Waals surface area contributed by atoms with Gasteiger partial charge in [-0.2, -0.15) is 0 Å². The molecule has 0 aromatic heterocycles. The Bertz CT molecular complexity index is 572. The van der Waals surface area contributed by atoms with E-state index in [0.717, 1.165) is 12.8 Å². The molecule has 1 unspecified atom stereocenters. The van der Waals surface area contributed by atoms with E-state index >= 15 is 0 Å². The first-order chi connectivity index (χ1) is 9.88. The van der Waals surface area contributed by atoms with Crippen molar-refractivity contribution >= 4 is 11.7 Å². The molecule has 0 radical (unpaired) electrons. The van der Waals surface area contributed by atoms with E-state index in [1.165, 1.54) is 25.3 Å². The lowest BCUT2D eigenvalue weighted by Gasteiger charge is -2.24. The Balaban J connectivity index is 2.19. The summed E-state index contributed by atoms with van der Waals surface area (Å²) >= 11 is 0. The number of carboxylic acid groups (broad SMARTS) is 1. The van der Waals surface area contributed by atoms with Gasteiger partial charge in [0.2, 0.25) is 0 Å². The van der Waals surface area contributed by atoms with Crippen molar-refractivity contribution < 1.29 is 24.3 Å². The van der Waals surface area contributed by atoms with E-state index in [9.17, 15) is 20.0 Å².